The number of hydrogen-bond donors (Lipinski definition) is 2. The second-order valence-electron chi connectivity index (χ2n) is 3.83. The number of halogens is 2. The molecule has 3 N–H and O–H groups in total. The molecule has 96 valence electrons. The Morgan fingerprint density at radius 2 is 2.33 bits per heavy atom. The first kappa shape index (κ1) is 13.3. The van der Waals surface area contributed by atoms with Gasteiger partial charge in [0.05, 0.1) is 21.9 Å². The van der Waals surface area contributed by atoms with E-state index in [-0.39, 0.29) is 11.9 Å². The van der Waals surface area contributed by atoms with Crippen molar-refractivity contribution in [1.82, 2.24) is 4.98 Å². The van der Waals surface area contributed by atoms with Gasteiger partial charge >= 0.3 is 0 Å². The fraction of sp³-hybridized carbons (Fsp3) is 0.250. The number of nitrogens with zero attached hydrogens (tertiary/aromatic N) is 1. The number of benzene rings is 1. The standard InChI is InChI=1S/C12H13BrFN3S/c1-2-10(12-16-3-4-18-12)17-11-5-7(13)8(14)6-9(11)15/h3-6,10,17H,2,15H2,1H3. The average molecular weight is 330 g/mol. The summed E-state index contributed by atoms with van der Waals surface area (Å²) in [6.45, 7) is 2.06. The number of hydrogen-bond acceptors (Lipinski definition) is 4. The van der Waals surface area contributed by atoms with Crippen LogP contribution in [-0.2, 0) is 0 Å². The third-order valence-electron chi connectivity index (χ3n) is 2.58. The van der Waals surface area contributed by atoms with Crippen LogP contribution in [0.15, 0.2) is 28.2 Å². The number of nitrogens with one attached hydrogen (secondary N) is 1. The Morgan fingerprint density at radius 1 is 1.56 bits per heavy atom. The van der Waals surface area contributed by atoms with Gasteiger partial charge in [-0.3, -0.25) is 0 Å². The highest BCUT2D eigenvalue weighted by atomic mass is 79.9. The minimum absolute atomic E-state index is 0.0876. The summed E-state index contributed by atoms with van der Waals surface area (Å²) in [6.07, 6.45) is 2.65. The summed E-state index contributed by atoms with van der Waals surface area (Å²) in [6, 6.07) is 3.05. The molecule has 1 unspecified atom stereocenters. The van der Waals surface area contributed by atoms with Crippen LogP contribution in [0.1, 0.15) is 24.4 Å². The highest BCUT2D eigenvalue weighted by Crippen LogP contribution is 2.31. The first-order chi connectivity index (χ1) is 8.61. The number of nitrogen functional groups attached to an aromatic ring is 1. The molecule has 1 aromatic carbocycles. The topological polar surface area (TPSA) is 50.9 Å². The maximum Gasteiger partial charge on any atom is 0.139 e. The third kappa shape index (κ3) is 2.81. The zero-order valence-electron chi connectivity index (χ0n) is 9.78. The number of rotatable bonds is 4. The summed E-state index contributed by atoms with van der Waals surface area (Å²) < 4.78 is 13.7. The van der Waals surface area contributed by atoms with E-state index in [1.165, 1.54) is 6.07 Å². The van der Waals surface area contributed by atoms with Crippen LogP contribution in [0.2, 0.25) is 0 Å². The van der Waals surface area contributed by atoms with E-state index in [9.17, 15) is 4.39 Å². The minimum atomic E-state index is -0.361. The summed E-state index contributed by atoms with van der Waals surface area (Å²) >= 11 is 4.75. The van der Waals surface area contributed by atoms with Crippen molar-refractivity contribution >= 4 is 38.6 Å². The van der Waals surface area contributed by atoms with Gasteiger partial charge in [0.25, 0.3) is 0 Å². The molecule has 0 saturated carbocycles. The highest BCUT2D eigenvalue weighted by molar-refractivity contribution is 9.10. The van der Waals surface area contributed by atoms with Gasteiger partial charge in [-0.2, -0.15) is 0 Å². The molecule has 6 heteroatoms. The van der Waals surface area contributed by atoms with Gasteiger partial charge < -0.3 is 11.1 Å². The lowest BCUT2D eigenvalue weighted by atomic mass is 10.2. The Labute approximate surface area is 117 Å². The van der Waals surface area contributed by atoms with Crippen LogP contribution in [0.5, 0.6) is 0 Å². The molecule has 18 heavy (non-hydrogen) atoms. The fourth-order valence-electron chi connectivity index (χ4n) is 1.62. The second kappa shape index (κ2) is 5.67. The van der Waals surface area contributed by atoms with Gasteiger partial charge in [-0.1, -0.05) is 6.92 Å². The molecule has 2 aromatic rings. The largest absolute Gasteiger partial charge is 0.397 e. The van der Waals surface area contributed by atoms with Crippen molar-refractivity contribution in [3.8, 4) is 0 Å². The summed E-state index contributed by atoms with van der Waals surface area (Å²) in [4.78, 5) is 4.28. The molecule has 0 aliphatic rings. The molecular formula is C12H13BrFN3S. The molecule has 0 radical (unpaired) electrons. The quantitative estimate of drug-likeness (QED) is 0.827. The van der Waals surface area contributed by atoms with E-state index >= 15 is 0 Å². The molecule has 0 aliphatic heterocycles. The first-order valence-electron chi connectivity index (χ1n) is 5.52. The van der Waals surface area contributed by atoms with Gasteiger partial charge in [-0.25, -0.2) is 9.37 Å². The number of aromatic nitrogens is 1. The van der Waals surface area contributed by atoms with Gasteiger partial charge in [0, 0.05) is 17.6 Å². The predicted octanol–water partition coefficient (Wildman–Crippen LogP) is 4.19. The first-order valence-corrected chi connectivity index (χ1v) is 7.19. The zero-order chi connectivity index (χ0) is 13.1. The van der Waals surface area contributed by atoms with Crippen LogP contribution in [0.3, 0.4) is 0 Å². The molecular weight excluding hydrogens is 317 g/mol. The van der Waals surface area contributed by atoms with Crippen molar-refractivity contribution in [1.29, 1.82) is 0 Å². The lowest BCUT2D eigenvalue weighted by molar-refractivity contribution is 0.621. The van der Waals surface area contributed by atoms with Crippen LogP contribution in [0, 0.1) is 5.82 Å². The van der Waals surface area contributed by atoms with E-state index in [2.05, 4.69) is 33.2 Å². The van der Waals surface area contributed by atoms with Gasteiger partial charge in [0.2, 0.25) is 0 Å². The van der Waals surface area contributed by atoms with Crippen molar-refractivity contribution in [2.75, 3.05) is 11.1 Å². The Balaban J connectivity index is 2.25. The minimum Gasteiger partial charge on any atom is -0.397 e. The summed E-state index contributed by atoms with van der Waals surface area (Å²) in [7, 11) is 0. The molecule has 1 atom stereocenters. The van der Waals surface area contributed by atoms with E-state index in [0.29, 0.717) is 15.8 Å². The Kier molecular flexibility index (Phi) is 4.19. The molecule has 0 aliphatic carbocycles. The lowest BCUT2D eigenvalue weighted by Gasteiger charge is -2.17. The Hall–Kier alpha value is -1.14. The summed E-state index contributed by atoms with van der Waals surface area (Å²) in [5, 5.41) is 6.23. The van der Waals surface area contributed by atoms with Gasteiger partial charge in [-0.15, -0.1) is 11.3 Å². The van der Waals surface area contributed by atoms with Gasteiger partial charge in [-0.05, 0) is 28.4 Å². The van der Waals surface area contributed by atoms with Gasteiger partial charge in [0.15, 0.2) is 0 Å². The average Bonchev–Trinajstić information content (AvgIpc) is 2.85. The fourth-order valence-corrected chi connectivity index (χ4v) is 2.74. The second-order valence-corrected chi connectivity index (χ2v) is 5.61. The Bertz CT molecular complexity index is 530. The lowest BCUT2D eigenvalue weighted by Crippen LogP contribution is -2.11. The SMILES string of the molecule is CCC(Nc1cc(Br)c(F)cc1N)c1nccs1. The van der Waals surface area contributed by atoms with Crippen LogP contribution < -0.4 is 11.1 Å². The zero-order valence-corrected chi connectivity index (χ0v) is 12.2. The van der Waals surface area contributed by atoms with Crippen molar-refractivity contribution < 1.29 is 4.39 Å². The summed E-state index contributed by atoms with van der Waals surface area (Å²) in [5.74, 6) is -0.361. The van der Waals surface area contributed by atoms with Crippen molar-refractivity contribution in [2.45, 2.75) is 19.4 Å². The monoisotopic (exact) mass is 329 g/mol. The van der Waals surface area contributed by atoms with Crippen LogP contribution in [0.4, 0.5) is 15.8 Å². The van der Waals surface area contributed by atoms with E-state index in [4.69, 9.17) is 5.73 Å². The normalized spacial score (nSPS) is 12.4. The molecule has 0 spiro atoms. The number of anilines is 2. The number of nitrogens with two attached hydrogens (primary N) is 1. The maximum absolute atomic E-state index is 13.3. The molecule has 1 heterocycles. The molecule has 0 bridgehead atoms. The van der Waals surface area contributed by atoms with Crippen LogP contribution in [-0.4, -0.2) is 4.98 Å². The summed E-state index contributed by atoms with van der Waals surface area (Å²) in [5.41, 5.74) is 6.91. The molecule has 1 aromatic heterocycles. The molecule has 2 rings (SSSR count). The van der Waals surface area contributed by atoms with E-state index < -0.39 is 0 Å². The third-order valence-corrected chi connectivity index (χ3v) is 4.08. The van der Waals surface area contributed by atoms with Crippen molar-refractivity contribution in [2.24, 2.45) is 0 Å². The maximum atomic E-state index is 13.3. The highest BCUT2D eigenvalue weighted by Gasteiger charge is 2.14. The molecule has 0 fully saturated rings. The molecule has 3 nitrogen and oxygen atoms in total. The van der Waals surface area contributed by atoms with Crippen molar-refractivity contribution in [3.63, 3.8) is 0 Å². The Morgan fingerprint density at radius 3 is 2.94 bits per heavy atom. The van der Waals surface area contributed by atoms with E-state index in [1.807, 2.05) is 5.38 Å². The molecule has 0 saturated heterocycles. The van der Waals surface area contributed by atoms with Crippen molar-refractivity contribution in [3.05, 3.63) is 39.0 Å². The van der Waals surface area contributed by atoms with E-state index in [1.54, 1.807) is 23.6 Å². The van der Waals surface area contributed by atoms with Crippen LogP contribution >= 0.6 is 27.3 Å². The smallest absolute Gasteiger partial charge is 0.139 e. The predicted molar refractivity (Wildman–Crippen MR) is 77.3 cm³/mol. The molecule has 0 amide bonds. The number of thiazole rings is 1. The van der Waals surface area contributed by atoms with Crippen LogP contribution in [0.25, 0.3) is 0 Å². The van der Waals surface area contributed by atoms with E-state index in [0.717, 1.165) is 11.4 Å². The van der Waals surface area contributed by atoms with Gasteiger partial charge in [0.1, 0.15) is 10.8 Å².